The predicted molar refractivity (Wildman–Crippen MR) is 115 cm³/mol. The molecule has 8 heteroatoms. The first kappa shape index (κ1) is 20.4. The van der Waals surface area contributed by atoms with Crippen LogP contribution in [-0.4, -0.2) is 71.2 Å². The van der Waals surface area contributed by atoms with Crippen LogP contribution in [0.3, 0.4) is 0 Å². The maximum Gasteiger partial charge on any atom is 0.258 e. The molecule has 0 N–H and O–H groups in total. The molecule has 166 valence electrons. The minimum absolute atomic E-state index is 0.0621. The quantitative estimate of drug-likeness (QED) is 0.747. The van der Waals surface area contributed by atoms with Crippen molar-refractivity contribution in [2.45, 2.75) is 45.1 Å². The molecule has 1 saturated carbocycles. The first-order valence-electron chi connectivity index (χ1n) is 11.5. The van der Waals surface area contributed by atoms with E-state index in [1.54, 1.807) is 19.1 Å². The predicted octanol–water partition coefficient (Wildman–Crippen LogP) is 3.10. The summed E-state index contributed by atoms with van der Waals surface area (Å²) in [5.74, 6) is 0.677. The molecule has 2 saturated heterocycles. The molecule has 3 fully saturated rings. The number of anilines is 1. The Labute approximate surface area is 182 Å². The van der Waals surface area contributed by atoms with E-state index < -0.39 is 0 Å². The third kappa shape index (κ3) is 4.18. The number of halogens is 1. The van der Waals surface area contributed by atoms with Crippen molar-refractivity contribution in [2.24, 2.45) is 5.92 Å². The molecule has 3 heterocycles. The summed E-state index contributed by atoms with van der Waals surface area (Å²) in [5.41, 5.74) is 1.09. The Kier molecular flexibility index (Phi) is 5.65. The van der Waals surface area contributed by atoms with Gasteiger partial charge in [-0.25, -0.2) is 4.39 Å². The summed E-state index contributed by atoms with van der Waals surface area (Å²) >= 11 is 0. The van der Waals surface area contributed by atoms with Crippen molar-refractivity contribution in [3.05, 3.63) is 29.8 Å². The molecule has 0 unspecified atom stereocenters. The fraction of sp³-hybridized carbons (Fsp3) is 0.609. The highest BCUT2D eigenvalue weighted by Crippen LogP contribution is 2.31. The van der Waals surface area contributed by atoms with Gasteiger partial charge in [-0.15, -0.1) is 0 Å². The van der Waals surface area contributed by atoms with Crippen molar-refractivity contribution in [3.8, 4) is 11.5 Å². The van der Waals surface area contributed by atoms with Gasteiger partial charge in [-0.2, -0.15) is 4.98 Å². The van der Waals surface area contributed by atoms with Gasteiger partial charge in [0.1, 0.15) is 5.82 Å². The molecule has 7 nitrogen and oxygen atoms in total. The summed E-state index contributed by atoms with van der Waals surface area (Å²) < 4.78 is 20.0. The summed E-state index contributed by atoms with van der Waals surface area (Å²) in [6.45, 7) is 6.73. The van der Waals surface area contributed by atoms with E-state index in [0.717, 1.165) is 45.1 Å². The van der Waals surface area contributed by atoms with Crippen LogP contribution in [0.2, 0.25) is 0 Å². The zero-order valence-corrected chi connectivity index (χ0v) is 18.1. The van der Waals surface area contributed by atoms with Crippen molar-refractivity contribution >= 4 is 11.6 Å². The summed E-state index contributed by atoms with van der Waals surface area (Å²) in [4.78, 5) is 23.9. The molecule has 0 bridgehead atoms. The first-order valence-corrected chi connectivity index (χ1v) is 11.5. The zero-order valence-electron chi connectivity index (χ0n) is 18.1. The van der Waals surface area contributed by atoms with Gasteiger partial charge in [0.2, 0.25) is 5.91 Å². The maximum absolute atomic E-state index is 14.9. The molecule has 1 aliphatic carbocycles. The molecule has 2 aliphatic heterocycles. The Morgan fingerprint density at radius 2 is 1.97 bits per heavy atom. The average molecular weight is 428 g/mol. The lowest BCUT2D eigenvalue weighted by atomic mass is 9.91. The van der Waals surface area contributed by atoms with Gasteiger partial charge in [0, 0.05) is 50.9 Å². The van der Waals surface area contributed by atoms with Crippen molar-refractivity contribution in [3.63, 3.8) is 0 Å². The second-order valence-corrected chi connectivity index (χ2v) is 9.04. The van der Waals surface area contributed by atoms with Gasteiger partial charge < -0.3 is 14.3 Å². The van der Waals surface area contributed by atoms with E-state index in [-0.39, 0.29) is 17.6 Å². The molecule has 5 rings (SSSR count). The molecule has 0 spiro atoms. The Bertz CT molecular complexity index is 944. The normalized spacial score (nSPS) is 23.1. The van der Waals surface area contributed by atoms with Crippen molar-refractivity contribution in [1.29, 1.82) is 0 Å². The fourth-order valence-corrected chi connectivity index (χ4v) is 5.02. The second kappa shape index (κ2) is 8.57. The topological polar surface area (TPSA) is 65.7 Å². The maximum atomic E-state index is 14.9. The SMILES string of the molecule is Cc1noc(-c2ccc(N3CC[C@H](C(=O)N4CCCN(C5CCC5)CC4)C3)c(F)c2)n1. The van der Waals surface area contributed by atoms with Crippen molar-refractivity contribution in [2.75, 3.05) is 44.2 Å². The number of nitrogens with zero attached hydrogens (tertiary/aromatic N) is 5. The molecule has 1 atom stereocenters. The molecule has 1 aromatic heterocycles. The minimum Gasteiger partial charge on any atom is -0.368 e. The molecule has 2 aromatic rings. The average Bonchev–Trinajstić information content (AvgIpc) is 3.31. The van der Waals surface area contributed by atoms with E-state index in [4.69, 9.17) is 4.52 Å². The van der Waals surface area contributed by atoms with E-state index in [2.05, 4.69) is 15.0 Å². The third-order valence-electron chi connectivity index (χ3n) is 7.03. The Balaban J connectivity index is 1.21. The Morgan fingerprint density at radius 1 is 1.10 bits per heavy atom. The Morgan fingerprint density at radius 3 is 2.68 bits per heavy atom. The number of hydrogen-bond donors (Lipinski definition) is 0. The lowest BCUT2D eigenvalue weighted by molar-refractivity contribution is -0.134. The van der Waals surface area contributed by atoms with Gasteiger partial charge in [0.15, 0.2) is 5.82 Å². The molecule has 1 aromatic carbocycles. The number of carbonyl (C=O) groups excluding carboxylic acids is 1. The number of amides is 1. The van der Waals surface area contributed by atoms with Gasteiger partial charge in [-0.05, 0) is 50.8 Å². The monoisotopic (exact) mass is 427 g/mol. The number of hydrogen-bond acceptors (Lipinski definition) is 6. The lowest BCUT2D eigenvalue weighted by Crippen LogP contribution is -2.43. The van der Waals surface area contributed by atoms with Crippen molar-refractivity contribution in [1.82, 2.24) is 19.9 Å². The fourth-order valence-electron chi connectivity index (χ4n) is 5.02. The van der Waals surface area contributed by atoms with Gasteiger partial charge in [0.25, 0.3) is 5.89 Å². The molecule has 3 aliphatic rings. The van der Waals surface area contributed by atoms with E-state index in [0.29, 0.717) is 36.1 Å². The highest BCUT2D eigenvalue weighted by atomic mass is 19.1. The van der Waals surface area contributed by atoms with Crippen LogP contribution >= 0.6 is 0 Å². The van der Waals surface area contributed by atoms with Crippen LogP contribution in [0.15, 0.2) is 22.7 Å². The number of aryl methyl sites for hydroxylation is 1. The number of benzene rings is 1. The molecule has 31 heavy (non-hydrogen) atoms. The molecule has 0 radical (unpaired) electrons. The Hall–Kier alpha value is -2.48. The van der Waals surface area contributed by atoms with Gasteiger partial charge in [0.05, 0.1) is 11.6 Å². The van der Waals surface area contributed by atoms with Crippen molar-refractivity contribution < 1.29 is 13.7 Å². The zero-order chi connectivity index (χ0) is 21.4. The largest absolute Gasteiger partial charge is 0.368 e. The van der Waals surface area contributed by atoms with Crippen LogP contribution in [-0.2, 0) is 4.79 Å². The minimum atomic E-state index is -0.327. The third-order valence-corrected chi connectivity index (χ3v) is 7.03. The highest BCUT2D eigenvalue weighted by molar-refractivity contribution is 5.80. The van der Waals surface area contributed by atoms with Crippen LogP contribution in [0.4, 0.5) is 10.1 Å². The van der Waals surface area contributed by atoms with Crippen LogP contribution in [0.5, 0.6) is 0 Å². The van der Waals surface area contributed by atoms with E-state index in [1.165, 1.54) is 25.3 Å². The van der Waals surface area contributed by atoms with Gasteiger partial charge >= 0.3 is 0 Å². The van der Waals surface area contributed by atoms with Crippen LogP contribution in [0, 0.1) is 18.7 Å². The molecular formula is C23H30FN5O2. The molecular weight excluding hydrogens is 397 g/mol. The lowest BCUT2D eigenvalue weighted by Gasteiger charge is -2.36. The number of aromatic nitrogens is 2. The van der Waals surface area contributed by atoms with E-state index in [9.17, 15) is 9.18 Å². The van der Waals surface area contributed by atoms with Gasteiger partial charge in [-0.3, -0.25) is 9.69 Å². The molecule has 1 amide bonds. The smallest absolute Gasteiger partial charge is 0.258 e. The standard InChI is InChI=1S/C23H30FN5O2/c1-16-25-22(31-26-16)17-6-7-21(20(24)14-17)29-11-8-18(15-29)23(30)28-10-3-9-27(12-13-28)19-4-2-5-19/h6-7,14,18-19H,2-5,8-13,15H2,1H3/t18-/m0/s1. The number of rotatable bonds is 4. The second-order valence-electron chi connectivity index (χ2n) is 9.04. The summed E-state index contributed by atoms with van der Waals surface area (Å²) in [5, 5.41) is 3.76. The summed E-state index contributed by atoms with van der Waals surface area (Å²) in [6, 6.07) is 5.71. The summed E-state index contributed by atoms with van der Waals surface area (Å²) in [7, 11) is 0. The van der Waals surface area contributed by atoms with Gasteiger partial charge in [-0.1, -0.05) is 11.6 Å². The highest BCUT2D eigenvalue weighted by Gasteiger charge is 2.34. The summed E-state index contributed by atoms with van der Waals surface area (Å²) in [6.07, 6.45) is 5.77. The van der Waals surface area contributed by atoms with Crippen LogP contribution < -0.4 is 4.90 Å². The number of carbonyl (C=O) groups is 1. The van der Waals surface area contributed by atoms with E-state index >= 15 is 0 Å². The van der Waals surface area contributed by atoms with E-state index in [1.807, 2.05) is 9.80 Å². The van der Waals surface area contributed by atoms with Crippen LogP contribution in [0.1, 0.15) is 37.9 Å². The first-order chi connectivity index (χ1) is 15.1. The van der Waals surface area contributed by atoms with Crippen LogP contribution in [0.25, 0.3) is 11.5 Å².